The molecular weight excluding hydrogens is 426 g/mol. The number of fused-ring (bicyclic) bond motifs is 3. The average Bonchev–Trinajstić information content (AvgIpc) is 2.87. The Bertz CT molecular complexity index is 868. The maximum atomic E-state index is 13.1. The first-order valence-electron chi connectivity index (χ1n) is 11.4. The SMILES string of the molecule is COC(=O)C1=C(C(=O)OC)[C@@H]2CCCN3C(=O)[C@H]([C@@H](C)O[Si](C)(C)C(C)(C)C)[C@H]3C2=CC1. The number of carbonyl (C=O) groups excluding carboxylic acids is 3. The molecule has 178 valence electrons. The zero-order chi connectivity index (χ0) is 24.0. The number of hydrogen-bond donors (Lipinski definition) is 0. The van der Waals surface area contributed by atoms with Gasteiger partial charge in [0.05, 0.1) is 43.4 Å². The van der Waals surface area contributed by atoms with Crippen molar-refractivity contribution in [1.29, 1.82) is 0 Å². The highest BCUT2D eigenvalue weighted by Gasteiger charge is 2.56. The van der Waals surface area contributed by atoms with E-state index in [9.17, 15) is 14.4 Å². The van der Waals surface area contributed by atoms with E-state index in [1.165, 1.54) is 14.2 Å². The summed E-state index contributed by atoms with van der Waals surface area (Å²) in [6, 6.07) is -0.117. The first-order valence-corrected chi connectivity index (χ1v) is 14.3. The van der Waals surface area contributed by atoms with Gasteiger partial charge in [-0.1, -0.05) is 26.8 Å². The number of carbonyl (C=O) groups is 3. The number of allylic oxidation sites excluding steroid dienone is 1. The van der Waals surface area contributed by atoms with E-state index in [4.69, 9.17) is 13.9 Å². The minimum atomic E-state index is -2.06. The maximum Gasteiger partial charge on any atom is 0.334 e. The fraction of sp³-hybridized carbons (Fsp3) is 0.708. The van der Waals surface area contributed by atoms with E-state index in [0.717, 1.165) is 12.0 Å². The summed E-state index contributed by atoms with van der Waals surface area (Å²) in [5.41, 5.74) is 1.77. The van der Waals surface area contributed by atoms with Crippen molar-refractivity contribution in [3.8, 4) is 0 Å². The molecule has 7 nitrogen and oxygen atoms in total. The Morgan fingerprint density at radius 2 is 1.78 bits per heavy atom. The van der Waals surface area contributed by atoms with Crippen molar-refractivity contribution in [3.05, 3.63) is 22.8 Å². The summed E-state index contributed by atoms with van der Waals surface area (Å²) in [5.74, 6) is -1.42. The van der Waals surface area contributed by atoms with Gasteiger partial charge < -0.3 is 18.8 Å². The molecule has 0 radical (unpaired) electrons. The molecule has 1 amide bonds. The summed E-state index contributed by atoms with van der Waals surface area (Å²) in [7, 11) is 0.589. The number of β-lactam (4-membered cyclic amide) rings is 1. The monoisotopic (exact) mass is 463 g/mol. The van der Waals surface area contributed by atoms with Gasteiger partial charge in [-0.2, -0.15) is 0 Å². The van der Waals surface area contributed by atoms with E-state index < -0.39 is 20.3 Å². The molecule has 1 aliphatic carbocycles. The summed E-state index contributed by atoms with van der Waals surface area (Å²) in [6.07, 6.45) is 3.53. The number of hydrogen-bond acceptors (Lipinski definition) is 6. The smallest absolute Gasteiger partial charge is 0.334 e. The van der Waals surface area contributed by atoms with E-state index in [1.807, 2.05) is 17.9 Å². The van der Waals surface area contributed by atoms with Gasteiger partial charge in [0.15, 0.2) is 8.32 Å². The molecular formula is C24H37NO6Si. The molecule has 0 saturated carbocycles. The lowest BCUT2D eigenvalue weighted by atomic mass is 9.70. The predicted octanol–water partition coefficient (Wildman–Crippen LogP) is 3.61. The van der Waals surface area contributed by atoms with Crippen LogP contribution >= 0.6 is 0 Å². The van der Waals surface area contributed by atoms with E-state index in [1.54, 1.807) is 0 Å². The van der Waals surface area contributed by atoms with Crippen molar-refractivity contribution in [1.82, 2.24) is 4.90 Å². The lowest BCUT2D eigenvalue weighted by molar-refractivity contribution is -0.159. The van der Waals surface area contributed by atoms with Crippen LogP contribution in [0.4, 0.5) is 0 Å². The molecule has 0 spiro atoms. The first-order chi connectivity index (χ1) is 14.9. The van der Waals surface area contributed by atoms with Crippen LogP contribution in [-0.4, -0.2) is 64.0 Å². The molecule has 2 heterocycles. The zero-order valence-corrected chi connectivity index (χ0v) is 21.6. The van der Waals surface area contributed by atoms with Crippen molar-refractivity contribution in [2.45, 2.75) is 77.2 Å². The fourth-order valence-electron chi connectivity index (χ4n) is 5.03. The van der Waals surface area contributed by atoms with Gasteiger partial charge in [-0.25, -0.2) is 9.59 Å². The number of methoxy groups -OCH3 is 2. The standard InChI is InChI=1S/C24H37NO6Si/c1-14(31-32(7,8)24(2,3)4)18-20-16-11-12-17(22(27)29-5)19(23(28)30-6)15(16)10-9-13-25(20)21(18)26/h11,14-15,18,20H,9-10,12-13H2,1-8H3/t14-,15-,18-,20-/m1/s1. The van der Waals surface area contributed by atoms with Gasteiger partial charge >= 0.3 is 11.9 Å². The quantitative estimate of drug-likeness (QED) is 0.268. The van der Waals surface area contributed by atoms with E-state index in [0.29, 0.717) is 30.5 Å². The minimum Gasteiger partial charge on any atom is -0.466 e. The number of amides is 1. The molecule has 0 aromatic heterocycles. The van der Waals surface area contributed by atoms with Crippen molar-refractivity contribution in [2.75, 3.05) is 20.8 Å². The molecule has 0 aromatic carbocycles. The van der Waals surface area contributed by atoms with Crippen LogP contribution in [0.15, 0.2) is 22.8 Å². The van der Waals surface area contributed by atoms with Gasteiger partial charge in [-0.15, -0.1) is 0 Å². The van der Waals surface area contributed by atoms with Gasteiger partial charge in [0.1, 0.15) is 0 Å². The lowest BCUT2D eigenvalue weighted by Gasteiger charge is -2.52. The molecule has 3 aliphatic rings. The molecule has 2 saturated heterocycles. The van der Waals surface area contributed by atoms with Gasteiger partial charge in [-0.3, -0.25) is 4.79 Å². The molecule has 4 atom stereocenters. The summed E-state index contributed by atoms with van der Waals surface area (Å²) in [6.45, 7) is 13.6. The van der Waals surface area contributed by atoms with Crippen LogP contribution in [0.2, 0.25) is 18.1 Å². The number of nitrogens with zero attached hydrogens (tertiary/aromatic N) is 1. The third-order valence-corrected chi connectivity index (χ3v) is 12.3. The molecule has 0 bridgehead atoms. The molecule has 0 aromatic rings. The third-order valence-electron chi connectivity index (χ3n) is 7.72. The van der Waals surface area contributed by atoms with Gasteiger partial charge in [0, 0.05) is 12.5 Å². The third kappa shape index (κ3) is 4.07. The van der Waals surface area contributed by atoms with Crippen molar-refractivity contribution in [3.63, 3.8) is 0 Å². The van der Waals surface area contributed by atoms with E-state index in [-0.39, 0.29) is 34.9 Å². The molecule has 8 heteroatoms. The Labute approximate surface area is 192 Å². The van der Waals surface area contributed by atoms with Crippen LogP contribution in [0.5, 0.6) is 0 Å². The second-order valence-electron chi connectivity index (χ2n) is 10.6. The Morgan fingerprint density at radius 1 is 1.16 bits per heavy atom. The van der Waals surface area contributed by atoms with Crippen LogP contribution < -0.4 is 0 Å². The molecule has 3 rings (SSSR count). The molecule has 32 heavy (non-hydrogen) atoms. The summed E-state index contributed by atoms with van der Waals surface area (Å²) >= 11 is 0. The first kappa shape index (κ1) is 24.7. The van der Waals surface area contributed by atoms with Crippen LogP contribution in [0.25, 0.3) is 0 Å². The van der Waals surface area contributed by atoms with E-state index in [2.05, 4.69) is 33.9 Å². The topological polar surface area (TPSA) is 82.1 Å². The normalized spacial score (nSPS) is 26.9. The van der Waals surface area contributed by atoms with Crippen LogP contribution in [0.1, 0.15) is 47.0 Å². The molecule has 0 unspecified atom stereocenters. The largest absolute Gasteiger partial charge is 0.466 e. The maximum absolute atomic E-state index is 13.1. The second-order valence-corrected chi connectivity index (χ2v) is 15.3. The van der Waals surface area contributed by atoms with Gasteiger partial charge in [0.25, 0.3) is 0 Å². The Kier molecular flexibility index (Phi) is 6.78. The Morgan fingerprint density at radius 3 is 2.34 bits per heavy atom. The minimum absolute atomic E-state index is 0.0417. The van der Waals surface area contributed by atoms with Gasteiger partial charge in [-0.05, 0) is 49.9 Å². The molecule has 2 fully saturated rings. The van der Waals surface area contributed by atoms with Gasteiger partial charge in [0.2, 0.25) is 5.91 Å². The van der Waals surface area contributed by atoms with Crippen molar-refractivity contribution in [2.24, 2.45) is 11.8 Å². The number of rotatable bonds is 5. The molecule has 2 aliphatic heterocycles. The summed E-state index contributed by atoms with van der Waals surface area (Å²) in [4.78, 5) is 40.2. The predicted molar refractivity (Wildman–Crippen MR) is 123 cm³/mol. The van der Waals surface area contributed by atoms with Crippen LogP contribution in [0.3, 0.4) is 0 Å². The number of esters is 2. The highest BCUT2D eigenvalue weighted by molar-refractivity contribution is 6.74. The van der Waals surface area contributed by atoms with Crippen molar-refractivity contribution >= 4 is 26.2 Å². The Balaban J connectivity index is 1.95. The van der Waals surface area contributed by atoms with E-state index >= 15 is 0 Å². The fourth-order valence-corrected chi connectivity index (χ4v) is 6.46. The van der Waals surface area contributed by atoms with Crippen LogP contribution in [-0.2, 0) is 28.3 Å². The molecule has 0 N–H and O–H groups in total. The lowest BCUT2D eigenvalue weighted by Crippen LogP contribution is -2.66. The zero-order valence-electron chi connectivity index (χ0n) is 20.6. The number of ether oxygens (including phenoxy) is 2. The summed E-state index contributed by atoms with van der Waals surface area (Å²) < 4.78 is 16.6. The van der Waals surface area contributed by atoms with Crippen molar-refractivity contribution < 1.29 is 28.3 Å². The Hall–Kier alpha value is -1.93. The highest BCUT2D eigenvalue weighted by Crippen LogP contribution is 2.48. The van der Waals surface area contributed by atoms with Crippen LogP contribution in [0, 0.1) is 11.8 Å². The second kappa shape index (κ2) is 8.78. The average molecular weight is 464 g/mol. The highest BCUT2D eigenvalue weighted by atomic mass is 28.4. The summed E-state index contributed by atoms with van der Waals surface area (Å²) in [5, 5.41) is 0.0417.